The molecule has 0 aromatic heterocycles. The number of nitrogens with one attached hydrogen (secondary N) is 1. The molecule has 4 saturated carbocycles. The van der Waals surface area contributed by atoms with Crippen LogP contribution in [0.5, 0.6) is 5.75 Å². The molecule has 1 amide bonds. The molecule has 3 nitrogen and oxygen atoms in total. The Morgan fingerprint density at radius 3 is 2.29 bits per heavy atom. The highest BCUT2D eigenvalue weighted by molar-refractivity contribution is 5.97. The largest absolute Gasteiger partial charge is 0.496 e. The van der Waals surface area contributed by atoms with Gasteiger partial charge in [-0.3, -0.25) is 4.79 Å². The molecule has 1 atom stereocenters. The number of aryl methyl sites for hydroxylation is 1. The summed E-state index contributed by atoms with van der Waals surface area (Å²) in [5.74, 6) is 3.43. The first-order valence-electron chi connectivity index (χ1n) is 9.45. The van der Waals surface area contributed by atoms with Crippen LogP contribution in [-0.4, -0.2) is 19.1 Å². The first-order valence-corrected chi connectivity index (χ1v) is 9.45. The monoisotopic (exact) mass is 327 g/mol. The van der Waals surface area contributed by atoms with Crippen LogP contribution >= 0.6 is 0 Å². The molecule has 4 aliphatic rings. The van der Waals surface area contributed by atoms with Gasteiger partial charge in [-0.25, -0.2) is 0 Å². The normalized spacial score (nSPS) is 34.9. The van der Waals surface area contributed by atoms with Gasteiger partial charge < -0.3 is 10.1 Å². The number of para-hydroxylation sites is 1. The van der Waals surface area contributed by atoms with E-state index in [1.807, 2.05) is 25.1 Å². The van der Waals surface area contributed by atoms with E-state index in [4.69, 9.17) is 4.74 Å². The van der Waals surface area contributed by atoms with Gasteiger partial charge in [0, 0.05) is 6.04 Å². The third-order valence-electron chi connectivity index (χ3n) is 7.01. The molecule has 4 bridgehead atoms. The molecule has 1 N–H and O–H groups in total. The van der Waals surface area contributed by atoms with Crippen LogP contribution in [0.25, 0.3) is 0 Å². The predicted octanol–water partition coefficient (Wildman–Crippen LogP) is 4.34. The lowest BCUT2D eigenvalue weighted by Gasteiger charge is -2.59. The zero-order valence-electron chi connectivity index (χ0n) is 15.1. The summed E-state index contributed by atoms with van der Waals surface area (Å²) in [5.41, 5.74) is 2.00. The quantitative estimate of drug-likeness (QED) is 0.893. The zero-order chi connectivity index (χ0) is 16.9. The van der Waals surface area contributed by atoms with Crippen molar-refractivity contribution in [1.29, 1.82) is 0 Å². The summed E-state index contributed by atoms with van der Waals surface area (Å²) in [7, 11) is 1.64. The fraction of sp³-hybridized carbons (Fsp3) is 0.667. The van der Waals surface area contributed by atoms with Crippen LogP contribution in [0.2, 0.25) is 0 Å². The molecule has 130 valence electrons. The number of rotatable bonds is 4. The smallest absolute Gasteiger partial charge is 0.255 e. The van der Waals surface area contributed by atoms with Crippen molar-refractivity contribution in [2.24, 2.45) is 23.2 Å². The molecule has 0 heterocycles. The lowest BCUT2D eigenvalue weighted by atomic mass is 9.48. The van der Waals surface area contributed by atoms with Crippen molar-refractivity contribution in [3.05, 3.63) is 29.3 Å². The summed E-state index contributed by atoms with van der Waals surface area (Å²) >= 11 is 0. The average Bonchev–Trinajstić information content (AvgIpc) is 2.53. The Labute approximate surface area is 145 Å². The van der Waals surface area contributed by atoms with Crippen LogP contribution < -0.4 is 10.1 Å². The van der Waals surface area contributed by atoms with Gasteiger partial charge in [-0.1, -0.05) is 12.1 Å². The van der Waals surface area contributed by atoms with Crippen LogP contribution in [0.1, 0.15) is 61.4 Å². The van der Waals surface area contributed by atoms with Crippen molar-refractivity contribution in [2.75, 3.05) is 7.11 Å². The van der Waals surface area contributed by atoms with Gasteiger partial charge in [0.15, 0.2) is 0 Å². The molecule has 1 aromatic carbocycles. The molecule has 4 fully saturated rings. The second kappa shape index (κ2) is 5.79. The molecular formula is C21H29NO2. The molecule has 1 aromatic rings. The van der Waals surface area contributed by atoms with E-state index in [1.54, 1.807) is 7.11 Å². The maximum Gasteiger partial charge on any atom is 0.255 e. The highest BCUT2D eigenvalue weighted by atomic mass is 16.5. The fourth-order valence-electron chi connectivity index (χ4n) is 6.24. The third kappa shape index (κ3) is 2.53. The van der Waals surface area contributed by atoms with Gasteiger partial charge in [0.25, 0.3) is 5.91 Å². The Morgan fingerprint density at radius 2 is 1.75 bits per heavy atom. The zero-order valence-corrected chi connectivity index (χ0v) is 15.1. The number of carbonyl (C=O) groups is 1. The topological polar surface area (TPSA) is 38.3 Å². The Kier molecular flexibility index (Phi) is 3.85. The van der Waals surface area contributed by atoms with Crippen molar-refractivity contribution in [3.8, 4) is 5.75 Å². The average molecular weight is 327 g/mol. The van der Waals surface area contributed by atoms with Crippen LogP contribution in [0.4, 0.5) is 0 Å². The molecule has 0 unspecified atom stereocenters. The number of benzene rings is 1. The molecule has 5 rings (SSSR count). The number of carbonyl (C=O) groups excluding carboxylic acids is 1. The highest BCUT2D eigenvalue weighted by Crippen LogP contribution is 2.61. The van der Waals surface area contributed by atoms with Crippen LogP contribution in [0.3, 0.4) is 0 Å². The van der Waals surface area contributed by atoms with Crippen LogP contribution in [-0.2, 0) is 0 Å². The summed E-state index contributed by atoms with van der Waals surface area (Å²) in [5, 5.41) is 3.34. The Morgan fingerprint density at radius 1 is 1.17 bits per heavy atom. The molecule has 0 radical (unpaired) electrons. The molecular weight excluding hydrogens is 298 g/mol. The molecule has 0 aliphatic heterocycles. The number of amides is 1. The fourth-order valence-corrected chi connectivity index (χ4v) is 6.24. The summed E-state index contributed by atoms with van der Waals surface area (Å²) < 4.78 is 5.47. The second-order valence-corrected chi connectivity index (χ2v) is 8.63. The van der Waals surface area contributed by atoms with Crippen molar-refractivity contribution >= 4 is 5.91 Å². The van der Waals surface area contributed by atoms with Crippen molar-refractivity contribution in [2.45, 2.75) is 58.4 Å². The van der Waals surface area contributed by atoms with Gasteiger partial charge in [0.2, 0.25) is 0 Å². The molecule has 0 saturated heterocycles. The molecule has 3 heteroatoms. The van der Waals surface area contributed by atoms with E-state index >= 15 is 0 Å². The van der Waals surface area contributed by atoms with Gasteiger partial charge in [-0.15, -0.1) is 0 Å². The number of hydrogen-bond acceptors (Lipinski definition) is 2. The van der Waals surface area contributed by atoms with Gasteiger partial charge in [-0.2, -0.15) is 0 Å². The van der Waals surface area contributed by atoms with E-state index in [0.29, 0.717) is 16.7 Å². The lowest BCUT2D eigenvalue weighted by molar-refractivity contribution is -0.0688. The standard InChI is InChI=1S/C21H29NO2/c1-13-5-4-6-18(19(13)24-3)20(23)22-14(2)21-10-15-7-16(11-21)9-17(8-15)12-21/h4-6,14-17H,7-12H2,1-3H3,(H,22,23)/t14-,15?,16?,17?,21?/m1/s1. The van der Waals surface area contributed by atoms with Crippen LogP contribution in [0.15, 0.2) is 18.2 Å². The van der Waals surface area contributed by atoms with Gasteiger partial charge in [0.05, 0.1) is 12.7 Å². The van der Waals surface area contributed by atoms with E-state index in [1.165, 1.54) is 38.5 Å². The first-order chi connectivity index (χ1) is 11.5. The summed E-state index contributed by atoms with van der Waals surface area (Å²) in [6.45, 7) is 4.21. The number of hydrogen-bond donors (Lipinski definition) is 1. The van der Waals surface area contributed by atoms with Gasteiger partial charge >= 0.3 is 0 Å². The second-order valence-electron chi connectivity index (χ2n) is 8.63. The van der Waals surface area contributed by atoms with E-state index in [0.717, 1.165) is 23.3 Å². The third-order valence-corrected chi connectivity index (χ3v) is 7.01. The SMILES string of the molecule is COc1c(C)cccc1C(=O)N[C@H](C)C12CC3CC(CC(C3)C1)C2. The Hall–Kier alpha value is -1.51. The van der Waals surface area contributed by atoms with Crippen molar-refractivity contribution < 1.29 is 9.53 Å². The predicted molar refractivity (Wildman–Crippen MR) is 95.3 cm³/mol. The van der Waals surface area contributed by atoms with Crippen molar-refractivity contribution in [1.82, 2.24) is 5.32 Å². The first kappa shape index (κ1) is 16.0. The summed E-state index contributed by atoms with van der Waals surface area (Å²) in [4.78, 5) is 12.9. The van der Waals surface area contributed by atoms with Gasteiger partial charge in [0.1, 0.15) is 5.75 Å². The maximum atomic E-state index is 12.9. The number of methoxy groups -OCH3 is 1. The maximum absolute atomic E-state index is 12.9. The molecule has 4 aliphatic carbocycles. The molecule has 0 spiro atoms. The number of ether oxygens (including phenoxy) is 1. The minimum Gasteiger partial charge on any atom is -0.496 e. The Bertz CT molecular complexity index is 616. The van der Waals surface area contributed by atoms with Crippen LogP contribution in [0, 0.1) is 30.1 Å². The minimum atomic E-state index is 0.0128. The summed E-state index contributed by atoms with van der Waals surface area (Å²) in [6, 6.07) is 6.03. The summed E-state index contributed by atoms with van der Waals surface area (Å²) in [6.07, 6.45) is 8.24. The van der Waals surface area contributed by atoms with E-state index in [2.05, 4.69) is 12.2 Å². The highest BCUT2D eigenvalue weighted by Gasteiger charge is 2.53. The van der Waals surface area contributed by atoms with E-state index in [-0.39, 0.29) is 11.9 Å². The van der Waals surface area contributed by atoms with Crippen molar-refractivity contribution in [3.63, 3.8) is 0 Å². The van der Waals surface area contributed by atoms with E-state index < -0.39 is 0 Å². The lowest BCUT2D eigenvalue weighted by Crippen LogP contribution is -2.55. The van der Waals surface area contributed by atoms with Gasteiger partial charge in [-0.05, 0) is 87.2 Å². The molecule has 24 heavy (non-hydrogen) atoms. The van der Waals surface area contributed by atoms with E-state index in [9.17, 15) is 4.79 Å². The Balaban J connectivity index is 1.53. The minimum absolute atomic E-state index is 0.0128.